The van der Waals surface area contributed by atoms with E-state index in [0.717, 1.165) is 49.7 Å². The molecular formula is C16H28N4O+2. The molecule has 1 aromatic rings. The average Bonchev–Trinajstić information content (AvgIpc) is 2.47. The largest absolute Gasteiger partial charge is 0.380 e. The molecule has 0 aliphatic carbocycles. The molecule has 0 aliphatic heterocycles. The van der Waals surface area contributed by atoms with Gasteiger partial charge in [-0.25, -0.2) is 4.98 Å². The predicted molar refractivity (Wildman–Crippen MR) is 83.2 cm³/mol. The maximum Gasteiger partial charge on any atom is 0.290 e. The summed E-state index contributed by atoms with van der Waals surface area (Å²) in [5.41, 5.74) is 2.60. The number of methoxy groups -OCH3 is 1. The Kier molecular flexibility index (Phi) is 7.73. The van der Waals surface area contributed by atoms with Crippen LogP contribution in [0.1, 0.15) is 37.1 Å². The number of hydrogen-bond acceptors (Lipinski definition) is 3. The van der Waals surface area contributed by atoms with Crippen LogP contribution in [0, 0.1) is 18.3 Å². The SMILES string of the molecule is CC[NH+](CC)CCCNc1[nH+]c(C)cc(COC)c1C#N. The van der Waals surface area contributed by atoms with Gasteiger partial charge in [0.15, 0.2) is 0 Å². The Balaban J connectivity index is 2.68. The van der Waals surface area contributed by atoms with E-state index in [1.165, 1.54) is 0 Å². The Morgan fingerprint density at radius 1 is 1.38 bits per heavy atom. The molecule has 5 nitrogen and oxygen atoms in total. The van der Waals surface area contributed by atoms with Crippen LogP contribution in [0.5, 0.6) is 0 Å². The molecule has 0 aliphatic rings. The minimum absolute atomic E-state index is 0.455. The van der Waals surface area contributed by atoms with Crippen molar-refractivity contribution in [2.75, 3.05) is 38.6 Å². The molecule has 0 saturated heterocycles. The Morgan fingerprint density at radius 3 is 2.67 bits per heavy atom. The van der Waals surface area contributed by atoms with E-state index in [2.05, 4.69) is 30.2 Å². The van der Waals surface area contributed by atoms with Crippen LogP contribution in [0.25, 0.3) is 0 Å². The van der Waals surface area contributed by atoms with Crippen LogP contribution in [0.2, 0.25) is 0 Å². The molecular weight excluding hydrogens is 264 g/mol. The fraction of sp³-hybridized carbons (Fsp3) is 0.625. The molecule has 1 heterocycles. The van der Waals surface area contributed by atoms with Gasteiger partial charge in [-0.2, -0.15) is 5.26 Å². The van der Waals surface area contributed by atoms with Gasteiger partial charge in [-0.15, -0.1) is 0 Å². The van der Waals surface area contributed by atoms with Gasteiger partial charge in [0, 0.05) is 19.1 Å². The summed E-state index contributed by atoms with van der Waals surface area (Å²) in [7, 11) is 1.65. The van der Waals surface area contributed by atoms with Gasteiger partial charge >= 0.3 is 0 Å². The number of quaternary nitrogens is 1. The normalized spacial score (nSPS) is 10.7. The molecule has 0 amide bonds. The average molecular weight is 292 g/mol. The third kappa shape index (κ3) is 5.33. The number of hydrogen-bond donors (Lipinski definition) is 2. The number of anilines is 1. The molecule has 0 fully saturated rings. The lowest BCUT2D eigenvalue weighted by molar-refractivity contribution is -0.896. The van der Waals surface area contributed by atoms with Gasteiger partial charge in [0.25, 0.3) is 5.82 Å². The molecule has 3 N–H and O–H groups in total. The summed E-state index contributed by atoms with van der Waals surface area (Å²) in [6.07, 6.45) is 1.09. The summed E-state index contributed by atoms with van der Waals surface area (Å²) >= 11 is 0. The van der Waals surface area contributed by atoms with Gasteiger partial charge in [0.2, 0.25) is 0 Å². The van der Waals surface area contributed by atoms with Crippen molar-refractivity contribution >= 4 is 5.82 Å². The van der Waals surface area contributed by atoms with Crippen LogP contribution in [-0.4, -0.2) is 33.3 Å². The Morgan fingerprint density at radius 2 is 2.10 bits per heavy atom. The van der Waals surface area contributed by atoms with Gasteiger partial charge in [-0.05, 0) is 26.8 Å². The summed E-state index contributed by atoms with van der Waals surface area (Å²) in [5, 5.41) is 12.7. The third-order valence-electron chi connectivity index (χ3n) is 3.70. The lowest BCUT2D eigenvalue weighted by Gasteiger charge is -2.14. The van der Waals surface area contributed by atoms with Crippen molar-refractivity contribution in [3.8, 4) is 6.07 Å². The van der Waals surface area contributed by atoms with E-state index in [9.17, 15) is 5.26 Å². The maximum absolute atomic E-state index is 9.37. The van der Waals surface area contributed by atoms with Gasteiger partial charge in [0.1, 0.15) is 11.6 Å². The second kappa shape index (κ2) is 9.32. The first kappa shape index (κ1) is 17.4. The number of ether oxygens (including phenoxy) is 1. The number of aromatic nitrogens is 1. The number of pyridine rings is 1. The highest BCUT2D eigenvalue weighted by atomic mass is 16.5. The highest BCUT2D eigenvalue weighted by Gasteiger charge is 2.16. The highest BCUT2D eigenvalue weighted by molar-refractivity contribution is 5.52. The van der Waals surface area contributed by atoms with Crippen LogP contribution >= 0.6 is 0 Å². The molecule has 1 rings (SSSR count). The first-order valence-electron chi connectivity index (χ1n) is 7.68. The topological polar surface area (TPSA) is 63.6 Å². The monoisotopic (exact) mass is 292 g/mol. The highest BCUT2D eigenvalue weighted by Crippen LogP contribution is 2.16. The third-order valence-corrected chi connectivity index (χ3v) is 3.70. The van der Waals surface area contributed by atoms with Gasteiger partial charge < -0.3 is 9.64 Å². The van der Waals surface area contributed by atoms with Crippen LogP contribution < -0.4 is 15.2 Å². The zero-order chi connectivity index (χ0) is 15.7. The quantitative estimate of drug-likeness (QED) is 0.654. The van der Waals surface area contributed by atoms with Crippen molar-refractivity contribution in [2.45, 2.75) is 33.8 Å². The molecule has 0 unspecified atom stereocenters. The molecule has 1 aromatic heterocycles. The second-order valence-electron chi connectivity index (χ2n) is 5.26. The van der Waals surface area contributed by atoms with E-state index < -0.39 is 0 Å². The number of rotatable bonds is 9. The Labute approximate surface area is 127 Å². The van der Waals surface area contributed by atoms with E-state index >= 15 is 0 Å². The Hall–Kier alpha value is -1.64. The summed E-state index contributed by atoms with van der Waals surface area (Å²) in [6, 6.07) is 4.23. The maximum atomic E-state index is 9.37. The van der Waals surface area contributed by atoms with Crippen LogP contribution in [0.4, 0.5) is 5.82 Å². The van der Waals surface area contributed by atoms with Crippen molar-refractivity contribution in [1.29, 1.82) is 5.26 Å². The molecule has 21 heavy (non-hydrogen) atoms. The standard InChI is InChI=1S/C16H26N4O/c1-5-20(6-2)9-7-8-18-16-15(11-17)14(12-21-4)10-13(3)19-16/h10H,5-9,12H2,1-4H3,(H,18,19)/p+2. The molecule has 0 aromatic carbocycles. The number of nitrogens with one attached hydrogen (secondary N) is 3. The molecule has 0 atom stereocenters. The summed E-state index contributed by atoms with van der Waals surface area (Å²) in [6.45, 7) is 11.2. The second-order valence-corrected chi connectivity index (χ2v) is 5.26. The number of H-pyrrole nitrogens is 1. The van der Waals surface area contributed by atoms with E-state index in [1.807, 2.05) is 13.0 Å². The zero-order valence-electron chi connectivity index (χ0n) is 13.7. The summed E-state index contributed by atoms with van der Waals surface area (Å²) < 4.78 is 5.17. The molecule has 0 saturated carbocycles. The van der Waals surface area contributed by atoms with E-state index in [4.69, 9.17) is 4.74 Å². The minimum Gasteiger partial charge on any atom is -0.380 e. The van der Waals surface area contributed by atoms with Crippen molar-refractivity contribution in [3.63, 3.8) is 0 Å². The Bertz CT molecular complexity index is 478. The first-order valence-corrected chi connectivity index (χ1v) is 7.68. The summed E-state index contributed by atoms with van der Waals surface area (Å²) in [5.74, 6) is 0.805. The fourth-order valence-electron chi connectivity index (χ4n) is 2.47. The molecule has 116 valence electrons. The van der Waals surface area contributed by atoms with Crippen LogP contribution in [0.3, 0.4) is 0 Å². The van der Waals surface area contributed by atoms with E-state index in [1.54, 1.807) is 12.0 Å². The van der Waals surface area contributed by atoms with Crippen molar-refractivity contribution < 1.29 is 14.6 Å². The molecule has 0 bridgehead atoms. The number of aromatic amines is 1. The number of nitrogens with zero attached hydrogens (tertiary/aromatic N) is 1. The molecule has 0 radical (unpaired) electrons. The van der Waals surface area contributed by atoms with Gasteiger partial charge in [-0.1, -0.05) is 0 Å². The van der Waals surface area contributed by atoms with Gasteiger partial charge in [-0.3, -0.25) is 5.32 Å². The van der Waals surface area contributed by atoms with Crippen molar-refractivity contribution in [2.24, 2.45) is 0 Å². The van der Waals surface area contributed by atoms with Crippen molar-refractivity contribution in [3.05, 3.63) is 22.9 Å². The number of aryl methyl sites for hydroxylation is 1. The smallest absolute Gasteiger partial charge is 0.290 e. The van der Waals surface area contributed by atoms with E-state index in [0.29, 0.717) is 12.2 Å². The van der Waals surface area contributed by atoms with Crippen LogP contribution in [-0.2, 0) is 11.3 Å². The summed E-state index contributed by atoms with van der Waals surface area (Å²) in [4.78, 5) is 4.85. The van der Waals surface area contributed by atoms with Gasteiger partial charge in [0.05, 0.1) is 38.5 Å². The lowest BCUT2D eigenvalue weighted by atomic mass is 10.1. The zero-order valence-corrected chi connectivity index (χ0v) is 13.7. The fourth-order valence-corrected chi connectivity index (χ4v) is 2.47. The first-order chi connectivity index (χ1) is 10.2. The van der Waals surface area contributed by atoms with Crippen LogP contribution in [0.15, 0.2) is 6.07 Å². The molecule has 0 spiro atoms. The van der Waals surface area contributed by atoms with Crippen molar-refractivity contribution in [1.82, 2.24) is 0 Å². The molecule has 5 heteroatoms. The minimum atomic E-state index is 0.455. The van der Waals surface area contributed by atoms with E-state index in [-0.39, 0.29) is 0 Å². The number of nitriles is 1. The lowest BCUT2D eigenvalue weighted by Crippen LogP contribution is -3.11. The predicted octanol–water partition coefficient (Wildman–Crippen LogP) is 0.554.